The summed E-state index contributed by atoms with van der Waals surface area (Å²) >= 11 is 6.72. The lowest BCUT2D eigenvalue weighted by atomic mass is 9.56. The lowest BCUT2D eigenvalue weighted by Gasteiger charge is -2.52. The third kappa shape index (κ3) is 6.28. The molecule has 226 valence electrons. The van der Waals surface area contributed by atoms with Gasteiger partial charge in [0.15, 0.2) is 11.7 Å². The summed E-state index contributed by atoms with van der Waals surface area (Å²) in [4.78, 5) is 12.4. The van der Waals surface area contributed by atoms with Crippen LogP contribution in [0.2, 0.25) is 5.02 Å². The number of nitrogens with zero attached hydrogens (tertiary/aromatic N) is 4. The summed E-state index contributed by atoms with van der Waals surface area (Å²) < 4.78 is 16.7. The Hall–Kier alpha value is -3.14. The maximum Gasteiger partial charge on any atom is 0.181 e. The minimum atomic E-state index is -0.626. The van der Waals surface area contributed by atoms with Gasteiger partial charge in [-0.25, -0.2) is 9.97 Å². The van der Waals surface area contributed by atoms with Gasteiger partial charge >= 0.3 is 0 Å². The highest BCUT2D eigenvalue weighted by atomic mass is 35.5. The van der Waals surface area contributed by atoms with Gasteiger partial charge in [-0.2, -0.15) is 0 Å². The Bertz CT molecular complexity index is 1400. The number of likely N-dealkylation sites (N-methyl/N-ethyl adjacent to an activating group) is 1. The molecule has 1 aromatic carbocycles. The van der Waals surface area contributed by atoms with Gasteiger partial charge in [-0.15, -0.1) is 0 Å². The van der Waals surface area contributed by atoms with E-state index < -0.39 is 6.10 Å². The van der Waals surface area contributed by atoms with Crippen LogP contribution in [-0.4, -0.2) is 71.6 Å². The molecular weight excluding hydrogens is 554 g/mol. The second-order valence-electron chi connectivity index (χ2n) is 11.9. The van der Waals surface area contributed by atoms with E-state index in [1.165, 1.54) is 12.8 Å². The molecule has 1 aliphatic heterocycles. The summed E-state index contributed by atoms with van der Waals surface area (Å²) in [5.41, 5.74) is 5.65. The predicted octanol–water partition coefficient (Wildman–Crippen LogP) is 5.49. The van der Waals surface area contributed by atoms with Crippen molar-refractivity contribution in [2.24, 2.45) is 11.3 Å². The van der Waals surface area contributed by atoms with Gasteiger partial charge < -0.3 is 29.3 Å². The Balaban J connectivity index is 1.42. The maximum atomic E-state index is 10.1. The summed E-state index contributed by atoms with van der Waals surface area (Å²) in [5.74, 6) is 3.17. The summed E-state index contributed by atoms with van der Waals surface area (Å²) in [5, 5.41) is 17.8. The van der Waals surface area contributed by atoms with Crippen LogP contribution < -0.4 is 10.1 Å². The van der Waals surface area contributed by atoms with Crippen LogP contribution in [0.5, 0.6) is 5.75 Å². The predicted molar refractivity (Wildman–Crippen MR) is 163 cm³/mol. The fraction of sp³-hybridized carbons (Fsp3) is 0.531. The summed E-state index contributed by atoms with van der Waals surface area (Å²) in [6.07, 6.45) is 4.96. The number of rotatable bonds is 11. The van der Waals surface area contributed by atoms with Gasteiger partial charge in [0.25, 0.3) is 0 Å². The SMILES string of the molecule is C=C(OC)N1CCC2(CC1)CC(Cc1nc(-c3cc(OCC(O)CNC)ccc3Cl)nc(-c3c(C)noc3C)c1C)C2. The lowest BCUT2D eigenvalue weighted by molar-refractivity contribution is -0.0181. The molecule has 3 aromatic rings. The molecule has 9 nitrogen and oxygen atoms in total. The maximum absolute atomic E-state index is 10.1. The van der Waals surface area contributed by atoms with Gasteiger partial charge in [0.2, 0.25) is 0 Å². The number of hydrogen-bond acceptors (Lipinski definition) is 9. The van der Waals surface area contributed by atoms with E-state index in [0.29, 0.717) is 40.0 Å². The number of hydrogen-bond donors (Lipinski definition) is 2. The molecule has 1 spiro atoms. The number of likely N-dealkylation sites (tertiary alicyclic amines) is 1. The quantitative estimate of drug-likeness (QED) is 0.278. The second-order valence-corrected chi connectivity index (χ2v) is 12.3. The molecule has 1 unspecified atom stereocenters. The average Bonchev–Trinajstić information content (AvgIpc) is 3.30. The third-order valence-electron chi connectivity index (χ3n) is 8.92. The molecule has 0 radical (unpaired) electrons. The number of piperidine rings is 1. The monoisotopic (exact) mass is 595 g/mol. The minimum Gasteiger partial charge on any atom is -0.491 e. The van der Waals surface area contributed by atoms with E-state index >= 15 is 0 Å². The minimum absolute atomic E-state index is 0.160. The number of aryl methyl sites for hydroxylation is 2. The molecule has 5 rings (SSSR count). The van der Waals surface area contributed by atoms with Crippen molar-refractivity contribution in [2.75, 3.05) is 40.4 Å². The molecule has 10 heteroatoms. The first kappa shape index (κ1) is 30.3. The number of nitrogens with one attached hydrogen (secondary N) is 1. The van der Waals surface area contributed by atoms with Gasteiger partial charge in [-0.05, 0) is 102 Å². The van der Waals surface area contributed by atoms with E-state index in [-0.39, 0.29) is 6.61 Å². The zero-order valence-electron chi connectivity index (χ0n) is 25.3. The van der Waals surface area contributed by atoms with Gasteiger partial charge in [-0.3, -0.25) is 0 Å². The summed E-state index contributed by atoms with van der Waals surface area (Å²) in [7, 11) is 3.48. The van der Waals surface area contributed by atoms with Crippen LogP contribution in [0.25, 0.3) is 22.6 Å². The van der Waals surface area contributed by atoms with Gasteiger partial charge in [0, 0.05) is 30.9 Å². The zero-order valence-corrected chi connectivity index (χ0v) is 26.1. The van der Waals surface area contributed by atoms with Gasteiger partial charge in [-0.1, -0.05) is 16.8 Å². The van der Waals surface area contributed by atoms with Crippen LogP contribution >= 0.6 is 11.6 Å². The molecule has 1 saturated carbocycles. The lowest BCUT2D eigenvalue weighted by Crippen LogP contribution is -2.47. The van der Waals surface area contributed by atoms with Gasteiger partial charge in [0.05, 0.1) is 29.1 Å². The van der Waals surface area contributed by atoms with Crippen molar-refractivity contribution < 1.29 is 19.1 Å². The number of aliphatic hydroxyl groups is 1. The number of aliphatic hydroxyl groups excluding tert-OH is 1. The number of benzene rings is 1. The molecule has 2 N–H and O–H groups in total. The molecule has 2 aliphatic rings. The standard InChI is InChI=1S/C32H42ClN5O4/c1-19-28(13-23-15-32(16-23)9-11-38(12-10-32)22(4)40-6)35-31(36-30(19)29-20(2)37-42-21(29)3)26-14-25(7-8-27(26)33)41-18-24(39)17-34-5/h7-8,14,23-24,34,39H,4,9-13,15-18H2,1-3,5-6H3. The van der Waals surface area contributed by atoms with E-state index in [1.54, 1.807) is 26.3 Å². The number of aromatic nitrogens is 3. The molecule has 2 fully saturated rings. The first-order valence-corrected chi connectivity index (χ1v) is 15.0. The normalized spacial score (nSPS) is 17.3. The highest BCUT2D eigenvalue weighted by molar-refractivity contribution is 6.33. The molecule has 2 aromatic heterocycles. The Morgan fingerprint density at radius 3 is 2.62 bits per heavy atom. The van der Waals surface area contributed by atoms with E-state index in [2.05, 4.69) is 28.9 Å². The van der Waals surface area contributed by atoms with Crippen LogP contribution in [-0.2, 0) is 11.2 Å². The molecule has 1 saturated heterocycles. The van der Waals surface area contributed by atoms with Crippen molar-refractivity contribution in [1.29, 1.82) is 0 Å². The van der Waals surface area contributed by atoms with E-state index in [1.807, 2.05) is 19.9 Å². The molecule has 1 atom stereocenters. The first-order valence-electron chi connectivity index (χ1n) is 14.7. The first-order chi connectivity index (χ1) is 20.1. The molecule has 3 heterocycles. The Morgan fingerprint density at radius 1 is 1.24 bits per heavy atom. The van der Waals surface area contributed by atoms with Crippen LogP contribution in [0.1, 0.15) is 48.4 Å². The highest BCUT2D eigenvalue weighted by Gasteiger charge is 2.46. The number of halogens is 1. The number of ether oxygens (including phenoxy) is 2. The highest BCUT2D eigenvalue weighted by Crippen LogP contribution is 2.54. The molecular formula is C32H42ClN5O4. The zero-order chi connectivity index (χ0) is 30.0. The second kappa shape index (κ2) is 12.6. The average molecular weight is 596 g/mol. The van der Waals surface area contributed by atoms with Crippen LogP contribution in [0, 0.1) is 32.1 Å². The van der Waals surface area contributed by atoms with Crippen LogP contribution in [0.15, 0.2) is 35.2 Å². The van der Waals surface area contributed by atoms with Crippen molar-refractivity contribution >= 4 is 11.6 Å². The molecule has 0 amide bonds. The van der Waals surface area contributed by atoms with Crippen molar-refractivity contribution in [3.05, 3.63) is 58.4 Å². The van der Waals surface area contributed by atoms with Crippen molar-refractivity contribution in [1.82, 2.24) is 25.3 Å². The molecule has 1 aliphatic carbocycles. The molecule has 0 bridgehead atoms. The largest absolute Gasteiger partial charge is 0.491 e. The van der Waals surface area contributed by atoms with Gasteiger partial charge in [0.1, 0.15) is 24.2 Å². The van der Waals surface area contributed by atoms with E-state index in [9.17, 15) is 5.11 Å². The summed E-state index contributed by atoms with van der Waals surface area (Å²) in [6, 6.07) is 5.43. The Kier molecular flexibility index (Phi) is 9.11. The fourth-order valence-electron chi connectivity index (χ4n) is 6.55. The number of methoxy groups -OCH3 is 1. The van der Waals surface area contributed by atoms with E-state index in [4.69, 9.17) is 35.6 Å². The van der Waals surface area contributed by atoms with E-state index in [0.717, 1.165) is 72.2 Å². The summed E-state index contributed by atoms with van der Waals surface area (Å²) in [6.45, 7) is 12.6. The topological polar surface area (TPSA) is 106 Å². The third-order valence-corrected chi connectivity index (χ3v) is 9.25. The molecule has 42 heavy (non-hydrogen) atoms. The fourth-order valence-corrected chi connectivity index (χ4v) is 6.75. The van der Waals surface area contributed by atoms with Crippen molar-refractivity contribution in [3.8, 4) is 28.4 Å². The Labute approximate surface area is 253 Å². The van der Waals surface area contributed by atoms with Crippen LogP contribution in [0.4, 0.5) is 0 Å². The van der Waals surface area contributed by atoms with Crippen molar-refractivity contribution in [3.63, 3.8) is 0 Å². The smallest absolute Gasteiger partial charge is 0.181 e. The van der Waals surface area contributed by atoms with Crippen LogP contribution in [0.3, 0.4) is 0 Å². The van der Waals surface area contributed by atoms with Crippen molar-refractivity contribution in [2.45, 2.75) is 59.0 Å². The Morgan fingerprint density at radius 2 is 1.98 bits per heavy atom.